The van der Waals surface area contributed by atoms with Gasteiger partial charge in [-0.15, -0.1) is 0 Å². The zero-order valence-electron chi connectivity index (χ0n) is 12.1. The summed E-state index contributed by atoms with van der Waals surface area (Å²) < 4.78 is 0. The van der Waals surface area contributed by atoms with Crippen LogP contribution < -0.4 is 17.2 Å². The Morgan fingerprint density at radius 1 is 1.05 bits per heavy atom. The maximum atomic E-state index is 10.2. The van der Waals surface area contributed by atoms with Crippen molar-refractivity contribution in [2.75, 3.05) is 19.8 Å². The second kappa shape index (κ2) is 13.2. The molecular formula is C11H26N4O7. The minimum atomic E-state index is -1.49. The average molecular weight is 326 g/mol. The highest BCUT2D eigenvalue weighted by Crippen LogP contribution is 1.98. The Hall–Kier alpha value is -1.50. The number of carboxylic acids is 1. The average Bonchev–Trinajstić information content (AvgIpc) is 2.49. The lowest BCUT2D eigenvalue weighted by atomic mass is 10.1. The van der Waals surface area contributed by atoms with E-state index in [2.05, 4.69) is 4.99 Å². The first-order chi connectivity index (χ1) is 10.2. The molecule has 0 aliphatic carbocycles. The molecule has 0 aromatic heterocycles. The molecule has 4 atom stereocenters. The van der Waals surface area contributed by atoms with Crippen molar-refractivity contribution in [2.24, 2.45) is 22.2 Å². The van der Waals surface area contributed by atoms with Crippen molar-refractivity contribution in [3.8, 4) is 0 Å². The lowest BCUT2D eigenvalue weighted by molar-refractivity contribution is -0.138. The van der Waals surface area contributed by atoms with E-state index in [1.807, 2.05) is 0 Å². The Bertz CT molecular complexity index is 316. The third kappa shape index (κ3) is 12.3. The predicted octanol–water partition coefficient (Wildman–Crippen LogP) is -4.49. The van der Waals surface area contributed by atoms with Crippen molar-refractivity contribution in [1.29, 1.82) is 0 Å². The molecule has 0 fully saturated rings. The predicted molar refractivity (Wildman–Crippen MR) is 77.7 cm³/mol. The number of nitrogens with two attached hydrogens (primary N) is 3. The van der Waals surface area contributed by atoms with Gasteiger partial charge in [-0.05, 0) is 12.8 Å². The standard InChI is InChI=1S/C6H14N4O2.C5H12O5/c7-4(5(11)12)2-1-3-10-6(8)9;6-1-3(8)5(10)4(9)2-7/h4H,1-3,7H2,(H,11,12)(H4,8,9,10);3-10H,1-2H2/t;3-,4+,5?. The first-order valence-electron chi connectivity index (χ1n) is 6.47. The van der Waals surface area contributed by atoms with Gasteiger partial charge < -0.3 is 47.8 Å². The summed E-state index contributed by atoms with van der Waals surface area (Å²) in [6, 6.07) is -0.820. The molecule has 11 nitrogen and oxygen atoms in total. The SMILES string of the molecule is NC(N)=NCCCC(N)C(=O)O.OC[C@@H](O)C(O)[C@@H](O)CO. The fourth-order valence-corrected chi connectivity index (χ4v) is 1.12. The number of hydrogen-bond acceptors (Lipinski definition) is 8. The van der Waals surface area contributed by atoms with Crippen LogP contribution in [0.2, 0.25) is 0 Å². The summed E-state index contributed by atoms with van der Waals surface area (Å²) in [5, 5.41) is 51.0. The molecule has 0 aromatic rings. The summed E-state index contributed by atoms with van der Waals surface area (Å²) in [5.41, 5.74) is 15.3. The summed E-state index contributed by atoms with van der Waals surface area (Å²) in [6.07, 6.45) is -3.34. The number of rotatable bonds is 9. The number of carboxylic acid groups (broad SMARTS) is 1. The molecule has 0 aromatic carbocycles. The van der Waals surface area contributed by atoms with Crippen LogP contribution in [-0.4, -0.2) is 86.7 Å². The van der Waals surface area contributed by atoms with Gasteiger partial charge in [0.15, 0.2) is 5.96 Å². The molecule has 0 spiro atoms. The maximum absolute atomic E-state index is 10.2. The van der Waals surface area contributed by atoms with E-state index in [0.29, 0.717) is 19.4 Å². The summed E-state index contributed by atoms with van der Waals surface area (Å²) in [6.45, 7) is -0.861. The molecule has 12 N–H and O–H groups in total. The monoisotopic (exact) mass is 326 g/mol. The molecule has 0 rings (SSSR count). The molecule has 22 heavy (non-hydrogen) atoms. The summed E-state index contributed by atoms with van der Waals surface area (Å²) >= 11 is 0. The zero-order chi connectivity index (χ0) is 17.7. The van der Waals surface area contributed by atoms with Gasteiger partial charge in [-0.3, -0.25) is 9.79 Å². The molecule has 0 aliphatic rings. The van der Waals surface area contributed by atoms with Crippen LogP contribution in [0.15, 0.2) is 4.99 Å². The van der Waals surface area contributed by atoms with E-state index < -0.39 is 43.5 Å². The van der Waals surface area contributed by atoms with E-state index in [1.165, 1.54) is 0 Å². The third-order valence-electron chi connectivity index (χ3n) is 2.45. The highest BCUT2D eigenvalue weighted by atomic mass is 16.4. The number of aliphatic carboxylic acids is 1. The van der Waals surface area contributed by atoms with Gasteiger partial charge in [0.05, 0.1) is 13.2 Å². The molecule has 11 heteroatoms. The van der Waals surface area contributed by atoms with Crippen molar-refractivity contribution in [1.82, 2.24) is 0 Å². The van der Waals surface area contributed by atoms with Gasteiger partial charge in [0.2, 0.25) is 0 Å². The van der Waals surface area contributed by atoms with Gasteiger partial charge in [0.1, 0.15) is 24.4 Å². The van der Waals surface area contributed by atoms with Crippen LogP contribution >= 0.6 is 0 Å². The van der Waals surface area contributed by atoms with Crippen LogP contribution in [-0.2, 0) is 4.79 Å². The van der Waals surface area contributed by atoms with Gasteiger partial charge in [-0.25, -0.2) is 0 Å². The number of guanidine groups is 1. The molecule has 0 radical (unpaired) electrons. The van der Waals surface area contributed by atoms with Gasteiger partial charge >= 0.3 is 5.97 Å². The molecule has 0 aliphatic heterocycles. The van der Waals surface area contributed by atoms with Gasteiger partial charge in [-0.2, -0.15) is 0 Å². The molecular weight excluding hydrogens is 300 g/mol. The second-order valence-electron chi connectivity index (χ2n) is 4.38. The number of aliphatic imine (C=N–C) groups is 1. The molecule has 132 valence electrons. The van der Waals surface area contributed by atoms with Gasteiger partial charge in [0.25, 0.3) is 0 Å². The number of aliphatic hydroxyl groups is 5. The highest BCUT2D eigenvalue weighted by molar-refractivity contribution is 5.75. The topological polar surface area (TPSA) is 229 Å². The van der Waals surface area contributed by atoms with Crippen LogP contribution in [0.25, 0.3) is 0 Å². The number of aliphatic hydroxyl groups excluding tert-OH is 5. The van der Waals surface area contributed by atoms with Crippen LogP contribution in [0.4, 0.5) is 0 Å². The third-order valence-corrected chi connectivity index (χ3v) is 2.45. The Morgan fingerprint density at radius 2 is 1.50 bits per heavy atom. The zero-order valence-corrected chi connectivity index (χ0v) is 12.1. The molecule has 2 unspecified atom stereocenters. The maximum Gasteiger partial charge on any atom is 0.320 e. The van der Waals surface area contributed by atoms with Crippen molar-refractivity contribution < 1.29 is 35.4 Å². The Balaban J connectivity index is 0. The molecule has 0 heterocycles. The van der Waals surface area contributed by atoms with Crippen LogP contribution in [0, 0.1) is 0 Å². The normalized spacial score (nSPS) is 15.7. The van der Waals surface area contributed by atoms with E-state index in [9.17, 15) is 4.79 Å². The smallest absolute Gasteiger partial charge is 0.320 e. The van der Waals surface area contributed by atoms with Crippen molar-refractivity contribution in [3.05, 3.63) is 0 Å². The van der Waals surface area contributed by atoms with E-state index in [1.54, 1.807) is 0 Å². The fourth-order valence-electron chi connectivity index (χ4n) is 1.12. The molecule has 0 amide bonds. The summed E-state index contributed by atoms with van der Waals surface area (Å²) in [5.74, 6) is -0.987. The van der Waals surface area contributed by atoms with Crippen LogP contribution in [0.3, 0.4) is 0 Å². The Labute approximate surface area is 127 Å². The van der Waals surface area contributed by atoms with E-state index in [4.69, 9.17) is 47.8 Å². The number of hydrogen-bond donors (Lipinski definition) is 9. The minimum Gasteiger partial charge on any atom is -0.480 e. The first-order valence-corrected chi connectivity index (χ1v) is 6.47. The Kier molecular flexibility index (Phi) is 13.6. The van der Waals surface area contributed by atoms with E-state index in [0.717, 1.165) is 0 Å². The summed E-state index contributed by atoms with van der Waals surface area (Å²) in [7, 11) is 0. The highest BCUT2D eigenvalue weighted by Gasteiger charge is 2.22. The largest absolute Gasteiger partial charge is 0.480 e. The minimum absolute atomic E-state index is 0.0129. The molecule has 0 bridgehead atoms. The lowest BCUT2D eigenvalue weighted by Gasteiger charge is -2.19. The molecule has 0 saturated heterocycles. The summed E-state index contributed by atoms with van der Waals surface area (Å²) in [4.78, 5) is 13.9. The molecule has 0 saturated carbocycles. The number of carbonyl (C=O) groups is 1. The van der Waals surface area contributed by atoms with E-state index >= 15 is 0 Å². The van der Waals surface area contributed by atoms with Crippen molar-refractivity contribution >= 4 is 11.9 Å². The van der Waals surface area contributed by atoms with Crippen molar-refractivity contribution in [2.45, 2.75) is 37.2 Å². The number of nitrogens with zero attached hydrogens (tertiary/aromatic N) is 1. The first kappa shape index (κ1) is 22.8. The van der Waals surface area contributed by atoms with Crippen LogP contribution in [0.1, 0.15) is 12.8 Å². The van der Waals surface area contributed by atoms with Crippen molar-refractivity contribution in [3.63, 3.8) is 0 Å². The second-order valence-corrected chi connectivity index (χ2v) is 4.38. The van der Waals surface area contributed by atoms with E-state index in [-0.39, 0.29) is 5.96 Å². The fraction of sp³-hybridized carbons (Fsp3) is 0.818. The Morgan fingerprint density at radius 3 is 1.82 bits per heavy atom. The van der Waals surface area contributed by atoms with Gasteiger partial charge in [0, 0.05) is 6.54 Å². The quantitative estimate of drug-likeness (QED) is 0.112. The van der Waals surface area contributed by atoms with Crippen LogP contribution in [0.5, 0.6) is 0 Å². The van der Waals surface area contributed by atoms with Gasteiger partial charge in [-0.1, -0.05) is 0 Å². The lowest BCUT2D eigenvalue weighted by Crippen LogP contribution is -2.41.